The maximum Gasteiger partial charge on any atom is 0.213 e. The van der Waals surface area contributed by atoms with Crippen molar-refractivity contribution in [3.8, 4) is 5.88 Å². The van der Waals surface area contributed by atoms with E-state index in [9.17, 15) is 0 Å². The molecule has 0 fully saturated rings. The van der Waals surface area contributed by atoms with Crippen molar-refractivity contribution in [2.45, 2.75) is 66.2 Å². The summed E-state index contributed by atoms with van der Waals surface area (Å²) in [7, 11) is 0. The number of aryl methyl sites for hydroxylation is 1. The fourth-order valence-electron chi connectivity index (χ4n) is 1.79. The molecular formula is C17H30N2O2. The molecule has 4 heteroatoms. The predicted molar refractivity (Wildman–Crippen MR) is 86.8 cm³/mol. The van der Waals surface area contributed by atoms with Crippen LogP contribution in [-0.4, -0.2) is 29.8 Å². The molecule has 0 unspecified atom stereocenters. The van der Waals surface area contributed by atoms with Gasteiger partial charge in [-0.3, -0.25) is 0 Å². The van der Waals surface area contributed by atoms with E-state index in [1.165, 1.54) is 5.56 Å². The van der Waals surface area contributed by atoms with Gasteiger partial charge in [0.05, 0.1) is 12.2 Å². The van der Waals surface area contributed by atoms with Gasteiger partial charge in [0.1, 0.15) is 6.61 Å². The first-order valence-electron chi connectivity index (χ1n) is 7.80. The quantitative estimate of drug-likeness (QED) is 0.747. The van der Waals surface area contributed by atoms with E-state index >= 15 is 0 Å². The Morgan fingerprint density at radius 2 is 1.90 bits per heavy atom. The van der Waals surface area contributed by atoms with E-state index in [2.05, 4.69) is 37.1 Å². The van der Waals surface area contributed by atoms with Gasteiger partial charge in [0.2, 0.25) is 5.88 Å². The molecule has 21 heavy (non-hydrogen) atoms. The van der Waals surface area contributed by atoms with Crippen molar-refractivity contribution in [1.29, 1.82) is 0 Å². The van der Waals surface area contributed by atoms with E-state index < -0.39 is 0 Å². The summed E-state index contributed by atoms with van der Waals surface area (Å²) < 4.78 is 11.4. The highest BCUT2D eigenvalue weighted by Gasteiger charge is 2.10. The van der Waals surface area contributed by atoms with Crippen molar-refractivity contribution in [3.05, 3.63) is 23.4 Å². The van der Waals surface area contributed by atoms with Crippen LogP contribution in [0.2, 0.25) is 0 Å². The molecule has 0 bridgehead atoms. The van der Waals surface area contributed by atoms with Crippen LogP contribution in [0.3, 0.4) is 0 Å². The average molecular weight is 294 g/mol. The SMILES string of the molecule is CCc1cc(CNC(C)C)cc(OCCOC(C)(C)C)n1. The van der Waals surface area contributed by atoms with E-state index in [1.807, 2.05) is 26.8 Å². The van der Waals surface area contributed by atoms with Gasteiger partial charge in [-0.15, -0.1) is 0 Å². The molecule has 1 heterocycles. The predicted octanol–water partition coefficient (Wildman–Crippen LogP) is 3.34. The number of rotatable bonds is 8. The monoisotopic (exact) mass is 294 g/mol. The van der Waals surface area contributed by atoms with Gasteiger partial charge in [0, 0.05) is 24.3 Å². The Labute approximate surface area is 129 Å². The van der Waals surface area contributed by atoms with E-state index in [-0.39, 0.29) is 5.60 Å². The minimum Gasteiger partial charge on any atom is -0.475 e. The molecule has 0 aromatic carbocycles. The molecule has 1 rings (SSSR count). The van der Waals surface area contributed by atoms with E-state index in [4.69, 9.17) is 9.47 Å². The van der Waals surface area contributed by atoms with Gasteiger partial charge in [0.25, 0.3) is 0 Å². The zero-order valence-electron chi connectivity index (χ0n) is 14.3. The normalized spacial score (nSPS) is 12.0. The lowest BCUT2D eigenvalue weighted by molar-refractivity contribution is -0.0168. The molecule has 0 aliphatic carbocycles. The summed E-state index contributed by atoms with van der Waals surface area (Å²) in [5, 5.41) is 3.42. The summed E-state index contributed by atoms with van der Waals surface area (Å²) in [6.45, 7) is 14.4. The first-order valence-corrected chi connectivity index (χ1v) is 7.80. The molecule has 0 radical (unpaired) electrons. The first kappa shape index (κ1) is 17.9. The van der Waals surface area contributed by atoms with Gasteiger partial charge in [-0.1, -0.05) is 20.8 Å². The number of hydrogen-bond donors (Lipinski definition) is 1. The maximum atomic E-state index is 5.73. The largest absolute Gasteiger partial charge is 0.475 e. The molecule has 1 N–H and O–H groups in total. The fourth-order valence-corrected chi connectivity index (χ4v) is 1.79. The lowest BCUT2D eigenvalue weighted by atomic mass is 10.2. The Balaban J connectivity index is 2.57. The highest BCUT2D eigenvalue weighted by molar-refractivity contribution is 5.25. The number of nitrogens with zero attached hydrogens (tertiary/aromatic N) is 1. The lowest BCUT2D eigenvalue weighted by Crippen LogP contribution is -2.23. The second-order valence-corrected chi connectivity index (χ2v) is 6.50. The van der Waals surface area contributed by atoms with Gasteiger partial charge in [0.15, 0.2) is 0 Å². The van der Waals surface area contributed by atoms with E-state index in [1.54, 1.807) is 0 Å². The highest BCUT2D eigenvalue weighted by atomic mass is 16.5. The first-order chi connectivity index (χ1) is 9.80. The van der Waals surface area contributed by atoms with Gasteiger partial charge >= 0.3 is 0 Å². The fraction of sp³-hybridized carbons (Fsp3) is 0.706. The van der Waals surface area contributed by atoms with Crippen molar-refractivity contribution in [2.24, 2.45) is 0 Å². The summed E-state index contributed by atoms with van der Waals surface area (Å²) in [4.78, 5) is 4.51. The number of nitrogens with one attached hydrogen (secondary N) is 1. The zero-order valence-corrected chi connectivity index (χ0v) is 14.3. The van der Waals surface area contributed by atoms with Crippen molar-refractivity contribution in [2.75, 3.05) is 13.2 Å². The third kappa shape index (κ3) is 8.02. The molecule has 0 atom stereocenters. The number of hydrogen-bond acceptors (Lipinski definition) is 4. The smallest absolute Gasteiger partial charge is 0.213 e. The van der Waals surface area contributed by atoms with Gasteiger partial charge < -0.3 is 14.8 Å². The highest BCUT2D eigenvalue weighted by Crippen LogP contribution is 2.14. The average Bonchev–Trinajstić information content (AvgIpc) is 2.40. The molecule has 0 aliphatic heterocycles. The second kappa shape index (κ2) is 8.35. The maximum absolute atomic E-state index is 5.73. The molecule has 4 nitrogen and oxygen atoms in total. The van der Waals surface area contributed by atoms with Crippen LogP contribution in [0.5, 0.6) is 5.88 Å². The minimum absolute atomic E-state index is 0.131. The summed E-state index contributed by atoms with van der Waals surface area (Å²) in [6.07, 6.45) is 0.907. The third-order valence-corrected chi connectivity index (χ3v) is 2.86. The molecular weight excluding hydrogens is 264 g/mol. The van der Waals surface area contributed by atoms with Crippen LogP contribution in [0.25, 0.3) is 0 Å². The van der Waals surface area contributed by atoms with Gasteiger partial charge in [-0.2, -0.15) is 0 Å². The molecule has 0 amide bonds. The van der Waals surface area contributed by atoms with Crippen LogP contribution in [0, 0.1) is 0 Å². The summed E-state index contributed by atoms with van der Waals surface area (Å²) in [5.74, 6) is 0.687. The van der Waals surface area contributed by atoms with Crippen LogP contribution < -0.4 is 10.1 Å². The number of ether oxygens (including phenoxy) is 2. The van der Waals surface area contributed by atoms with Crippen molar-refractivity contribution in [3.63, 3.8) is 0 Å². The molecule has 120 valence electrons. The molecule has 0 aliphatic rings. The lowest BCUT2D eigenvalue weighted by Gasteiger charge is -2.19. The van der Waals surface area contributed by atoms with Gasteiger partial charge in [-0.05, 0) is 38.8 Å². The van der Waals surface area contributed by atoms with Crippen LogP contribution in [0.4, 0.5) is 0 Å². The molecule has 1 aromatic heterocycles. The zero-order chi connectivity index (χ0) is 15.9. The van der Waals surface area contributed by atoms with Crippen molar-refractivity contribution in [1.82, 2.24) is 10.3 Å². The van der Waals surface area contributed by atoms with Crippen LogP contribution >= 0.6 is 0 Å². The van der Waals surface area contributed by atoms with E-state index in [0.717, 1.165) is 18.7 Å². The standard InChI is InChI=1S/C17H30N2O2/c1-7-15-10-14(12-18-13(2)3)11-16(19-15)20-8-9-21-17(4,5)6/h10-11,13,18H,7-9,12H2,1-6H3. The molecule has 0 saturated carbocycles. The Hall–Kier alpha value is -1.13. The van der Waals surface area contributed by atoms with Crippen molar-refractivity contribution >= 4 is 0 Å². The Kier molecular flexibility index (Phi) is 7.12. The summed E-state index contributed by atoms with van der Waals surface area (Å²) in [5.41, 5.74) is 2.14. The number of pyridine rings is 1. The van der Waals surface area contributed by atoms with Gasteiger partial charge in [-0.25, -0.2) is 4.98 Å². The summed E-state index contributed by atoms with van der Waals surface area (Å²) in [6, 6.07) is 4.60. The van der Waals surface area contributed by atoms with E-state index in [0.29, 0.717) is 25.1 Å². The Bertz CT molecular complexity index is 425. The molecule has 0 spiro atoms. The second-order valence-electron chi connectivity index (χ2n) is 6.50. The third-order valence-electron chi connectivity index (χ3n) is 2.86. The Morgan fingerprint density at radius 1 is 1.19 bits per heavy atom. The van der Waals surface area contributed by atoms with Crippen LogP contribution in [0.15, 0.2) is 12.1 Å². The van der Waals surface area contributed by atoms with Crippen LogP contribution in [-0.2, 0) is 17.7 Å². The number of aromatic nitrogens is 1. The summed E-state index contributed by atoms with van der Waals surface area (Å²) >= 11 is 0. The Morgan fingerprint density at radius 3 is 2.48 bits per heavy atom. The van der Waals surface area contributed by atoms with Crippen LogP contribution in [0.1, 0.15) is 52.8 Å². The molecule has 0 saturated heterocycles. The minimum atomic E-state index is -0.131. The van der Waals surface area contributed by atoms with Crippen molar-refractivity contribution < 1.29 is 9.47 Å². The topological polar surface area (TPSA) is 43.4 Å². The molecule has 1 aromatic rings.